The Morgan fingerprint density at radius 3 is 2.46 bits per heavy atom. The predicted octanol–water partition coefficient (Wildman–Crippen LogP) is 6.83. The molecule has 8 nitrogen and oxygen atoms in total. The smallest absolute Gasteiger partial charge is 0.493 e. The van der Waals surface area contributed by atoms with Gasteiger partial charge in [-0.25, -0.2) is 9.59 Å². The normalized spacial score (nSPS) is 10.9. The summed E-state index contributed by atoms with van der Waals surface area (Å²) in [5.41, 5.74) is 2.79. The average molecular weight is 497 g/mol. The second-order valence-corrected chi connectivity index (χ2v) is 8.47. The van der Waals surface area contributed by atoms with Crippen LogP contribution in [-0.2, 0) is 6.42 Å². The van der Waals surface area contributed by atoms with Gasteiger partial charge in [0.1, 0.15) is 5.75 Å². The zero-order valence-electron chi connectivity index (χ0n) is 19.7. The molecule has 37 heavy (non-hydrogen) atoms. The number of carboxylic acid groups (broad SMARTS) is 2. The number of H-pyrrole nitrogens is 1. The standard InChI is InChI=1S/C29H24N2O6/c32-28(33)19-9-3-10-20(17-19)30-24-14-5-12-22-23(27(31-26(22)24)37-29(34)35)13-6-16-36-25-15-4-8-18-7-1-2-11-21(18)25/h1-5,7-12,14-15,17,30-31H,6,13,16H2,(H,32,33)(H,34,35). The molecule has 186 valence electrons. The van der Waals surface area contributed by atoms with Crippen LogP contribution in [0.3, 0.4) is 0 Å². The van der Waals surface area contributed by atoms with Crippen LogP contribution >= 0.6 is 0 Å². The van der Waals surface area contributed by atoms with Crippen molar-refractivity contribution in [2.75, 3.05) is 11.9 Å². The van der Waals surface area contributed by atoms with Gasteiger partial charge in [-0.2, -0.15) is 0 Å². The Morgan fingerprint density at radius 1 is 0.865 bits per heavy atom. The molecule has 1 aromatic heterocycles. The lowest BCUT2D eigenvalue weighted by molar-refractivity contribution is 0.0696. The minimum atomic E-state index is -1.41. The van der Waals surface area contributed by atoms with Gasteiger partial charge in [-0.3, -0.25) is 0 Å². The fraction of sp³-hybridized carbons (Fsp3) is 0.103. The maximum atomic E-state index is 11.4. The van der Waals surface area contributed by atoms with Crippen molar-refractivity contribution in [1.29, 1.82) is 0 Å². The first-order chi connectivity index (χ1) is 18.0. The summed E-state index contributed by atoms with van der Waals surface area (Å²) in [6.07, 6.45) is -0.265. The summed E-state index contributed by atoms with van der Waals surface area (Å²) in [6, 6.07) is 26.0. The SMILES string of the molecule is O=C(O)Oc1[nH]c2c(Nc3cccc(C(=O)O)c3)cccc2c1CCCOc1cccc2ccccc12. The molecule has 4 aromatic carbocycles. The van der Waals surface area contributed by atoms with E-state index < -0.39 is 12.1 Å². The van der Waals surface area contributed by atoms with E-state index in [0.717, 1.165) is 27.5 Å². The Labute approximate surface area is 212 Å². The number of carboxylic acids is 1. The molecule has 0 spiro atoms. The summed E-state index contributed by atoms with van der Waals surface area (Å²) in [7, 11) is 0. The molecule has 0 unspecified atom stereocenters. The highest BCUT2D eigenvalue weighted by atomic mass is 16.7. The van der Waals surface area contributed by atoms with Crippen molar-refractivity contribution in [3.63, 3.8) is 0 Å². The third kappa shape index (κ3) is 5.18. The topological polar surface area (TPSA) is 121 Å². The van der Waals surface area contributed by atoms with Gasteiger partial charge in [0.2, 0.25) is 5.88 Å². The number of aryl methyl sites for hydroxylation is 1. The molecule has 0 fully saturated rings. The number of fused-ring (bicyclic) bond motifs is 2. The van der Waals surface area contributed by atoms with Gasteiger partial charge in [0.05, 0.1) is 23.4 Å². The van der Waals surface area contributed by atoms with Gasteiger partial charge in [-0.15, -0.1) is 0 Å². The van der Waals surface area contributed by atoms with Gasteiger partial charge in [0, 0.05) is 22.0 Å². The number of aromatic carboxylic acids is 1. The van der Waals surface area contributed by atoms with Crippen LogP contribution in [-0.4, -0.2) is 33.9 Å². The molecule has 0 aliphatic heterocycles. The Morgan fingerprint density at radius 2 is 1.62 bits per heavy atom. The van der Waals surface area contributed by atoms with Crippen LogP contribution in [0, 0.1) is 0 Å². The molecule has 8 heteroatoms. The Kier molecular flexibility index (Phi) is 6.63. The van der Waals surface area contributed by atoms with Gasteiger partial charge < -0.3 is 30.0 Å². The van der Waals surface area contributed by atoms with Crippen LogP contribution in [0.15, 0.2) is 84.9 Å². The largest absolute Gasteiger partial charge is 0.512 e. The molecule has 0 saturated carbocycles. The summed E-state index contributed by atoms with van der Waals surface area (Å²) in [5.74, 6) is -0.0674. The highest BCUT2D eigenvalue weighted by molar-refractivity contribution is 5.97. The van der Waals surface area contributed by atoms with Crippen molar-refractivity contribution in [3.05, 3.63) is 96.1 Å². The molecular formula is C29H24N2O6. The number of aromatic nitrogens is 1. The van der Waals surface area contributed by atoms with Crippen molar-refractivity contribution in [1.82, 2.24) is 4.98 Å². The Bertz CT molecular complexity index is 1600. The number of benzene rings is 4. The van der Waals surface area contributed by atoms with E-state index in [1.807, 2.05) is 60.7 Å². The molecular weight excluding hydrogens is 472 g/mol. The first-order valence-corrected chi connectivity index (χ1v) is 11.7. The molecule has 0 amide bonds. The van der Waals surface area contributed by atoms with Crippen LogP contribution in [0.2, 0.25) is 0 Å². The molecule has 5 rings (SSSR count). The van der Waals surface area contributed by atoms with E-state index >= 15 is 0 Å². The van der Waals surface area contributed by atoms with Gasteiger partial charge in [0.25, 0.3) is 0 Å². The molecule has 1 heterocycles. The van der Waals surface area contributed by atoms with Crippen molar-refractivity contribution < 1.29 is 29.3 Å². The molecule has 5 aromatic rings. The lowest BCUT2D eigenvalue weighted by atomic mass is 10.1. The number of rotatable bonds is 9. The summed E-state index contributed by atoms with van der Waals surface area (Å²) >= 11 is 0. The van der Waals surface area contributed by atoms with E-state index in [4.69, 9.17) is 9.47 Å². The average Bonchev–Trinajstić information content (AvgIpc) is 3.24. The zero-order valence-corrected chi connectivity index (χ0v) is 19.7. The van der Waals surface area contributed by atoms with E-state index in [0.29, 0.717) is 36.3 Å². The number of carbonyl (C=O) groups is 2. The molecule has 0 aliphatic carbocycles. The fourth-order valence-corrected chi connectivity index (χ4v) is 4.41. The minimum Gasteiger partial charge on any atom is -0.493 e. The van der Waals surface area contributed by atoms with Crippen LogP contribution < -0.4 is 14.8 Å². The Balaban J connectivity index is 1.38. The number of anilines is 2. The van der Waals surface area contributed by atoms with E-state index in [1.54, 1.807) is 12.1 Å². The quantitative estimate of drug-likeness (QED) is 0.130. The third-order valence-corrected chi connectivity index (χ3v) is 6.06. The fourth-order valence-electron chi connectivity index (χ4n) is 4.41. The van der Waals surface area contributed by atoms with Gasteiger partial charge in [0.15, 0.2) is 0 Å². The lowest BCUT2D eigenvalue weighted by Gasteiger charge is -2.10. The van der Waals surface area contributed by atoms with Crippen molar-refractivity contribution >= 4 is 45.2 Å². The summed E-state index contributed by atoms with van der Waals surface area (Å²) in [5, 5.41) is 24.7. The third-order valence-electron chi connectivity index (χ3n) is 6.06. The molecule has 0 radical (unpaired) electrons. The van der Waals surface area contributed by atoms with Crippen molar-refractivity contribution in [2.45, 2.75) is 12.8 Å². The molecule has 0 atom stereocenters. The minimum absolute atomic E-state index is 0.154. The van der Waals surface area contributed by atoms with Crippen molar-refractivity contribution in [2.24, 2.45) is 0 Å². The first-order valence-electron chi connectivity index (χ1n) is 11.7. The first kappa shape index (κ1) is 23.7. The van der Waals surface area contributed by atoms with E-state index in [2.05, 4.69) is 10.3 Å². The number of nitrogens with one attached hydrogen (secondary N) is 2. The number of ether oxygens (including phenoxy) is 2. The van der Waals surface area contributed by atoms with Crippen LogP contribution in [0.4, 0.5) is 16.2 Å². The predicted molar refractivity (Wildman–Crippen MR) is 141 cm³/mol. The van der Waals surface area contributed by atoms with Gasteiger partial charge in [-0.1, -0.05) is 54.6 Å². The number of aromatic amines is 1. The van der Waals surface area contributed by atoms with Gasteiger partial charge >= 0.3 is 12.1 Å². The molecule has 4 N–H and O–H groups in total. The molecule has 0 saturated heterocycles. The Hall–Kier alpha value is -4.98. The summed E-state index contributed by atoms with van der Waals surface area (Å²) in [4.78, 5) is 25.8. The summed E-state index contributed by atoms with van der Waals surface area (Å²) in [6.45, 7) is 0.438. The zero-order chi connectivity index (χ0) is 25.8. The van der Waals surface area contributed by atoms with E-state index in [1.165, 1.54) is 12.1 Å². The highest BCUT2D eigenvalue weighted by Gasteiger charge is 2.18. The van der Waals surface area contributed by atoms with Crippen LogP contribution in [0.1, 0.15) is 22.3 Å². The second-order valence-electron chi connectivity index (χ2n) is 8.47. The molecule has 0 bridgehead atoms. The van der Waals surface area contributed by atoms with Crippen LogP contribution in [0.25, 0.3) is 21.7 Å². The summed E-state index contributed by atoms with van der Waals surface area (Å²) < 4.78 is 11.1. The van der Waals surface area contributed by atoms with Gasteiger partial charge in [-0.05, 0) is 48.6 Å². The second kappa shape index (κ2) is 10.3. The maximum Gasteiger partial charge on any atom is 0.512 e. The lowest BCUT2D eigenvalue weighted by Crippen LogP contribution is -2.06. The van der Waals surface area contributed by atoms with Crippen molar-refractivity contribution in [3.8, 4) is 11.6 Å². The highest BCUT2D eigenvalue weighted by Crippen LogP contribution is 2.35. The maximum absolute atomic E-state index is 11.4. The van der Waals surface area contributed by atoms with E-state index in [9.17, 15) is 19.8 Å². The number of para-hydroxylation sites is 1. The monoisotopic (exact) mass is 496 g/mol. The van der Waals surface area contributed by atoms with E-state index in [-0.39, 0.29) is 11.4 Å². The molecule has 0 aliphatic rings. The van der Waals surface area contributed by atoms with Crippen LogP contribution in [0.5, 0.6) is 11.6 Å². The number of hydrogen-bond donors (Lipinski definition) is 4. The number of hydrogen-bond acceptors (Lipinski definition) is 5.